The predicted octanol–water partition coefficient (Wildman–Crippen LogP) is 1.85. The number of hydrogen-bond acceptors (Lipinski definition) is 5. The van der Waals surface area contributed by atoms with Gasteiger partial charge >= 0.3 is 0 Å². The third-order valence-corrected chi connectivity index (χ3v) is 3.39. The molecule has 0 amide bonds. The smallest absolute Gasteiger partial charge is 0.290 e. The number of nitrogens with one attached hydrogen (secondary N) is 2. The summed E-state index contributed by atoms with van der Waals surface area (Å²) in [6, 6.07) is 3.19. The van der Waals surface area contributed by atoms with Crippen LogP contribution in [-0.4, -0.2) is 28.5 Å². The SMILES string of the molecule is Cc1nc(NC2(C)CCNCC2)ccc1[N+](=O)[O-]. The van der Waals surface area contributed by atoms with E-state index in [2.05, 4.69) is 22.5 Å². The summed E-state index contributed by atoms with van der Waals surface area (Å²) in [4.78, 5) is 14.6. The Hall–Kier alpha value is -1.69. The van der Waals surface area contributed by atoms with Crippen LogP contribution in [0.2, 0.25) is 0 Å². The van der Waals surface area contributed by atoms with E-state index in [1.165, 1.54) is 6.07 Å². The first kappa shape index (κ1) is 12.8. The van der Waals surface area contributed by atoms with Gasteiger partial charge in [0.2, 0.25) is 0 Å². The first-order valence-electron chi connectivity index (χ1n) is 6.11. The second kappa shape index (κ2) is 4.89. The molecule has 98 valence electrons. The number of pyridine rings is 1. The van der Waals surface area contributed by atoms with Gasteiger partial charge in [-0.1, -0.05) is 0 Å². The maximum atomic E-state index is 10.7. The molecule has 2 N–H and O–H groups in total. The molecule has 2 heterocycles. The van der Waals surface area contributed by atoms with E-state index in [-0.39, 0.29) is 11.2 Å². The fraction of sp³-hybridized carbons (Fsp3) is 0.583. The van der Waals surface area contributed by atoms with Gasteiger partial charge in [-0.05, 0) is 45.8 Å². The van der Waals surface area contributed by atoms with Crippen molar-refractivity contribution >= 4 is 11.5 Å². The highest BCUT2D eigenvalue weighted by atomic mass is 16.6. The van der Waals surface area contributed by atoms with Gasteiger partial charge in [-0.15, -0.1) is 0 Å². The number of anilines is 1. The minimum Gasteiger partial charge on any atom is -0.365 e. The molecule has 6 nitrogen and oxygen atoms in total. The topological polar surface area (TPSA) is 80.1 Å². The van der Waals surface area contributed by atoms with E-state index in [0.29, 0.717) is 11.5 Å². The molecule has 0 aliphatic carbocycles. The molecular formula is C12H18N4O2. The maximum absolute atomic E-state index is 10.7. The average molecular weight is 250 g/mol. The first-order chi connectivity index (χ1) is 8.50. The molecule has 1 fully saturated rings. The van der Waals surface area contributed by atoms with Crippen LogP contribution in [0.15, 0.2) is 12.1 Å². The second-order valence-corrected chi connectivity index (χ2v) is 4.99. The highest BCUT2D eigenvalue weighted by molar-refractivity contribution is 5.46. The minimum atomic E-state index is -0.404. The zero-order chi connectivity index (χ0) is 13.2. The van der Waals surface area contributed by atoms with Gasteiger partial charge in [0.1, 0.15) is 11.5 Å². The lowest BCUT2D eigenvalue weighted by Gasteiger charge is -2.35. The van der Waals surface area contributed by atoms with Crippen LogP contribution in [0.1, 0.15) is 25.5 Å². The summed E-state index contributed by atoms with van der Waals surface area (Å²) in [6.45, 7) is 5.78. The van der Waals surface area contributed by atoms with Gasteiger partial charge < -0.3 is 10.6 Å². The van der Waals surface area contributed by atoms with Crippen LogP contribution < -0.4 is 10.6 Å². The minimum absolute atomic E-state index is 0.0147. The third-order valence-electron chi connectivity index (χ3n) is 3.39. The summed E-state index contributed by atoms with van der Waals surface area (Å²) in [5.74, 6) is 0.711. The number of hydrogen-bond donors (Lipinski definition) is 2. The standard InChI is InChI=1S/C12H18N4O2/c1-9-10(16(17)18)3-4-11(14-9)15-12(2)5-7-13-8-6-12/h3-4,13H,5-8H2,1-2H3,(H,14,15). The van der Waals surface area contributed by atoms with Crippen molar-refractivity contribution in [2.45, 2.75) is 32.2 Å². The molecule has 0 bridgehead atoms. The fourth-order valence-electron chi connectivity index (χ4n) is 2.23. The van der Waals surface area contributed by atoms with Crippen LogP contribution in [0, 0.1) is 17.0 Å². The molecular weight excluding hydrogens is 232 g/mol. The van der Waals surface area contributed by atoms with E-state index in [9.17, 15) is 10.1 Å². The first-order valence-corrected chi connectivity index (χ1v) is 6.11. The Morgan fingerprint density at radius 3 is 2.67 bits per heavy atom. The molecule has 1 aromatic rings. The van der Waals surface area contributed by atoms with Crippen LogP contribution in [-0.2, 0) is 0 Å². The number of piperidine rings is 1. The van der Waals surface area contributed by atoms with E-state index < -0.39 is 4.92 Å². The molecule has 0 spiro atoms. The molecule has 0 aromatic carbocycles. The molecule has 1 saturated heterocycles. The van der Waals surface area contributed by atoms with Crippen LogP contribution in [0.3, 0.4) is 0 Å². The van der Waals surface area contributed by atoms with Gasteiger partial charge in [-0.2, -0.15) is 0 Å². The normalized spacial score (nSPS) is 18.3. The van der Waals surface area contributed by atoms with E-state index in [4.69, 9.17) is 0 Å². The second-order valence-electron chi connectivity index (χ2n) is 4.99. The number of nitro groups is 1. The third kappa shape index (κ3) is 2.76. The summed E-state index contributed by atoms with van der Waals surface area (Å²) in [5, 5.41) is 17.4. The van der Waals surface area contributed by atoms with Gasteiger partial charge in [0.15, 0.2) is 0 Å². The fourth-order valence-corrected chi connectivity index (χ4v) is 2.23. The lowest BCUT2D eigenvalue weighted by molar-refractivity contribution is -0.385. The molecule has 0 saturated carbocycles. The number of rotatable bonds is 3. The van der Waals surface area contributed by atoms with Crippen molar-refractivity contribution in [3.8, 4) is 0 Å². The van der Waals surface area contributed by atoms with Crippen LogP contribution in [0.25, 0.3) is 0 Å². The quantitative estimate of drug-likeness (QED) is 0.632. The van der Waals surface area contributed by atoms with Crippen molar-refractivity contribution in [3.05, 3.63) is 27.9 Å². The Bertz CT molecular complexity index is 455. The monoisotopic (exact) mass is 250 g/mol. The predicted molar refractivity (Wildman–Crippen MR) is 69.8 cm³/mol. The van der Waals surface area contributed by atoms with Gasteiger partial charge in [0.25, 0.3) is 5.69 Å². The maximum Gasteiger partial charge on any atom is 0.290 e. The largest absolute Gasteiger partial charge is 0.365 e. The van der Waals surface area contributed by atoms with E-state index >= 15 is 0 Å². The summed E-state index contributed by atoms with van der Waals surface area (Å²) < 4.78 is 0. The Morgan fingerprint density at radius 1 is 1.44 bits per heavy atom. The summed E-state index contributed by atoms with van der Waals surface area (Å²) in [7, 11) is 0. The van der Waals surface area contributed by atoms with Gasteiger partial charge in [0, 0.05) is 11.6 Å². The lowest BCUT2D eigenvalue weighted by Crippen LogP contribution is -2.45. The van der Waals surface area contributed by atoms with Crippen LogP contribution in [0.5, 0.6) is 0 Å². The van der Waals surface area contributed by atoms with Crippen LogP contribution >= 0.6 is 0 Å². The Balaban J connectivity index is 2.14. The molecule has 0 unspecified atom stereocenters. The van der Waals surface area contributed by atoms with E-state index in [0.717, 1.165) is 25.9 Å². The Labute approximate surface area is 106 Å². The number of aromatic nitrogens is 1. The van der Waals surface area contributed by atoms with Gasteiger partial charge in [0.05, 0.1) is 4.92 Å². The molecule has 1 aliphatic rings. The lowest BCUT2D eigenvalue weighted by atomic mass is 9.90. The molecule has 18 heavy (non-hydrogen) atoms. The van der Waals surface area contributed by atoms with Crippen molar-refractivity contribution in [1.29, 1.82) is 0 Å². The van der Waals surface area contributed by atoms with Gasteiger partial charge in [-0.3, -0.25) is 10.1 Å². The molecule has 2 rings (SSSR count). The van der Waals surface area contributed by atoms with Crippen molar-refractivity contribution in [2.24, 2.45) is 0 Å². The average Bonchev–Trinajstić information content (AvgIpc) is 2.28. The molecule has 0 radical (unpaired) electrons. The van der Waals surface area contributed by atoms with E-state index in [1.807, 2.05) is 0 Å². The van der Waals surface area contributed by atoms with Crippen molar-refractivity contribution in [3.63, 3.8) is 0 Å². The molecule has 6 heteroatoms. The number of aryl methyl sites for hydroxylation is 1. The highest BCUT2D eigenvalue weighted by Gasteiger charge is 2.27. The highest BCUT2D eigenvalue weighted by Crippen LogP contribution is 2.24. The van der Waals surface area contributed by atoms with Crippen molar-refractivity contribution < 1.29 is 4.92 Å². The Kier molecular flexibility index (Phi) is 3.47. The zero-order valence-electron chi connectivity index (χ0n) is 10.7. The molecule has 1 aromatic heterocycles. The van der Waals surface area contributed by atoms with Crippen molar-refractivity contribution in [1.82, 2.24) is 10.3 Å². The molecule has 0 atom stereocenters. The summed E-state index contributed by atoms with van der Waals surface area (Å²) in [6.07, 6.45) is 2.04. The van der Waals surface area contributed by atoms with Crippen molar-refractivity contribution in [2.75, 3.05) is 18.4 Å². The van der Waals surface area contributed by atoms with E-state index in [1.54, 1.807) is 13.0 Å². The zero-order valence-corrected chi connectivity index (χ0v) is 10.7. The molecule has 1 aliphatic heterocycles. The summed E-state index contributed by atoms with van der Waals surface area (Å²) in [5.41, 5.74) is 0.527. The van der Waals surface area contributed by atoms with Gasteiger partial charge in [-0.25, -0.2) is 4.98 Å². The summed E-state index contributed by atoms with van der Waals surface area (Å²) >= 11 is 0. The number of nitrogens with zero attached hydrogens (tertiary/aromatic N) is 2. The van der Waals surface area contributed by atoms with Crippen LogP contribution in [0.4, 0.5) is 11.5 Å². The Morgan fingerprint density at radius 2 is 2.11 bits per heavy atom.